The first-order valence-electron chi connectivity index (χ1n) is 17.5. The van der Waals surface area contributed by atoms with Crippen LogP contribution in [0.5, 0.6) is 11.5 Å². The molecule has 0 aliphatic heterocycles. The average molecular weight is 921 g/mol. The van der Waals surface area contributed by atoms with Crippen molar-refractivity contribution in [2.45, 2.75) is 38.4 Å². The van der Waals surface area contributed by atoms with Crippen LogP contribution in [0.25, 0.3) is 21.8 Å². The molecule has 2 aromatic heterocycles. The molecule has 0 unspecified atom stereocenters. The largest absolute Gasteiger partial charge is 0.479 e. The van der Waals surface area contributed by atoms with Gasteiger partial charge in [0.15, 0.2) is 12.2 Å². The van der Waals surface area contributed by atoms with Gasteiger partial charge in [-0.1, -0.05) is 0 Å². The van der Waals surface area contributed by atoms with E-state index < -0.39 is 78.8 Å². The predicted molar refractivity (Wildman–Crippen MR) is 215 cm³/mol. The van der Waals surface area contributed by atoms with Gasteiger partial charge < -0.3 is 20.1 Å². The molecular formula is C38H34F10N8O4S2. The van der Waals surface area contributed by atoms with Crippen molar-refractivity contribution < 1.29 is 61.8 Å². The number of benzene rings is 4. The lowest BCUT2D eigenvalue weighted by molar-refractivity contribution is -0.189. The lowest BCUT2D eigenvalue weighted by Crippen LogP contribution is -2.31. The molecule has 0 aliphatic rings. The summed E-state index contributed by atoms with van der Waals surface area (Å²) in [7, 11) is -5.10. The lowest BCUT2D eigenvalue weighted by Gasteiger charge is -2.20. The predicted octanol–water partition coefficient (Wildman–Crippen LogP) is 10.7. The van der Waals surface area contributed by atoms with Crippen LogP contribution in [0, 0.1) is 23.3 Å². The molecule has 24 heteroatoms. The van der Waals surface area contributed by atoms with Crippen molar-refractivity contribution in [2.24, 2.45) is 8.73 Å². The summed E-state index contributed by atoms with van der Waals surface area (Å²) in [5, 5.41) is 5.17. The molecule has 0 radical (unpaired) electrons. The number of alkyl halides is 6. The highest BCUT2D eigenvalue weighted by molar-refractivity contribution is 7.92. The summed E-state index contributed by atoms with van der Waals surface area (Å²) in [6.45, 7) is 1.55. The van der Waals surface area contributed by atoms with Gasteiger partial charge in [0.05, 0.1) is 44.6 Å². The van der Waals surface area contributed by atoms with Gasteiger partial charge in [-0.15, -0.1) is 0 Å². The lowest BCUT2D eigenvalue weighted by atomic mass is 10.2. The first-order chi connectivity index (χ1) is 28.7. The minimum atomic E-state index is -4.67. The maximum atomic E-state index is 14.8. The third kappa shape index (κ3) is 12.5. The van der Waals surface area contributed by atoms with Crippen LogP contribution in [0.4, 0.5) is 78.3 Å². The van der Waals surface area contributed by atoms with E-state index in [1.807, 2.05) is 0 Å². The van der Waals surface area contributed by atoms with E-state index in [0.29, 0.717) is 0 Å². The fraction of sp³-hybridized carbons (Fsp3) is 0.263. The zero-order valence-corrected chi connectivity index (χ0v) is 34.6. The number of aromatic nitrogens is 4. The number of rotatable bonds is 10. The Kier molecular flexibility index (Phi) is 13.7. The van der Waals surface area contributed by atoms with E-state index in [9.17, 15) is 52.3 Å². The second-order valence-electron chi connectivity index (χ2n) is 13.8. The highest BCUT2D eigenvalue weighted by Gasteiger charge is 2.39. The highest BCUT2D eigenvalue weighted by atomic mass is 32.2. The average Bonchev–Trinajstić information content (AvgIpc) is 3.11. The fourth-order valence-corrected chi connectivity index (χ4v) is 6.45. The van der Waals surface area contributed by atoms with E-state index in [1.54, 1.807) is 0 Å². The number of fused-ring (bicyclic) bond motifs is 2. The van der Waals surface area contributed by atoms with Crippen molar-refractivity contribution in [1.29, 1.82) is 0 Å². The Morgan fingerprint density at radius 3 is 1.24 bits per heavy atom. The molecule has 0 saturated carbocycles. The molecule has 12 nitrogen and oxygen atoms in total. The second kappa shape index (κ2) is 18.1. The van der Waals surface area contributed by atoms with Crippen LogP contribution in [0.2, 0.25) is 0 Å². The van der Waals surface area contributed by atoms with Crippen molar-refractivity contribution in [3.63, 3.8) is 0 Å². The second-order valence-corrected chi connectivity index (χ2v) is 18.9. The van der Waals surface area contributed by atoms with Gasteiger partial charge in [0.2, 0.25) is 0 Å². The number of ether oxygens (including phenoxy) is 2. The normalized spacial score (nSPS) is 13.2. The summed E-state index contributed by atoms with van der Waals surface area (Å²) in [6.07, 6.45) is -6.01. The number of halogens is 10. The molecule has 2 N–H and O–H groups in total. The fourth-order valence-electron chi connectivity index (χ4n) is 5.22. The summed E-state index contributed by atoms with van der Waals surface area (Å²) in [6, 6.07) is 10.7. The molecule has 332 valence electrons. The Morgan fingerprint density at radius 1 is 0.565 bits per heavy atom. The number of hydrogen-bond acceptors (Lipinski definition) is 12. The first kappa shape index (κ1) is 47.0. The Morgan fingerprint density at radius 2 is 0.919 bits per heavy atom. The standard InChI is InChI=1S/2C19H17F5N4O2S/c2*1-10(19(22,23)24)30-16-6-11(20)4-5-14(16)27-18-17-13(21)7-12(28-31(2,3)29)8-15(17)25-9-26-18/h2*4-10H,1-3H3,(H,25,26,27)/t2*10-/m10/s1. The number of nitrogens with zero attached hydrogens (tertiary/aromatic N) is 6. The summed E-state index contributed by atoms with van der Waals surface area (Å²) in [5.74, 6) is -4.25. The van der Waals surface area contributed by atoms with Crippen molar-refractivity contribution in [2.75, 3.05) is 35.7 Å². The van der Waals surface area contributed by atoms with Crippen LogP contribution in [0.3, 0.4) is 0 Å². The topological polar surface area (TPSA) is 153 Å². The molecule has 62 heavy (non-hydrogen) atoms. The summed E-state index contributed by atoms with van der Waals surface area (Å²) >= 11 is 0. The Balaban J connectivity index is 0.000000234. The van der Waals surface area contributed by atoms with E-state index in [4.69, 9.17) is 9.47 Å². The van der Waals surface area contributed by atoms with Gasteiger partial charge in [-0.05, 0) is 50.2 Å². The number of nitrogens with one attached hydrogen (secondary N) is 2. The molecule has 0 bridgehead atoms. The van der Waals surface area contributed by atoms with Crippen LogP contribution in [0.1, 0.15) is 13.8 Å². The monoisotopic (exact) mass is 920 g/mol. The van der Waals surface area contributed by atoms with Crippen molar-refractivity contribution in [1.82, 2.24) is 19.9 Å². The third-order valence-electron chi connectivity index (χ3n) is 7.92. The molecule has 0 saturated heterocycles. The zero-order chi connectivity index (χ0) is 45.9. The quantitative estimate of drug-likeness (QED) is 0.127. The van der Waals surface area contributed by atoms with E-state index >= 15 is 0 Å². The zero-order valence-electron chi connectivity index (χ0n) is 33.0. The van der Waals surface area contributed by atoms with Gasteiger partial charge in [-0.2, -0.15) is 35.1 Å². The minimum Gasteiger partial charge on any atom is -0.479 e. The van der Waals surface area contributed by atoms with Crippen LogP contribution < -0.4 is 20.1 Å². The van der Waals surface area contributed by atoms with Crippen LogP contribution in [-0.2, 0) is 19.5 Å². The van der Waals surface area contributed by atoms with Gasteiger partial charge in [-0.3, -0.25) is 0 Å². The number of anilines is 4. The molecule has 2 atom stereocenters. The van der Waals surface area contributed by atoms with E-state index in [0.717, 1.165) is 75.0 Å². The first-order valence-corrected chi connectivity index (χ1v) is 22.2. The van der Waals surface area contributed by atoms with Crippen LogP contribution in [0.15, 0.2) is 82.0 Å². The molecule has 0 amide bonds. The Hall–Kier alpha value is -6.04. The van der Waals surface area contributed by atoms with Crippen molar-refractivity contribution in [3.8, 4) is 11.5 Å². The van der Waals surface area contributed by atoms with Crippen LogP contribution >= 0.6 is 0 Å². The Labute approximate surface area is 347 Å². The van der Waals surface area contributed by atoms with Crippen LogP contribution in [-0.4, -0.2) is 77.9 Å². The summed E-state index contributed by atoms with van der Waals surface area (Å²) in [5.41, 5.74) is 0.330. The van der Waals surface area contributed by atoms with Gasteiger partial charge in [0, 0.05) is 68.7 Å². The van der Waals surface area contributed by atoms with Gasteiger partial charge in [0.1, 0.15) is 59.1 Å². The van der Waals surface area contributed by atoms with Gasteiger partial charge in [-0.25, -0.2) is 45.9 Å². The molecule has 0 spiro atoms. The maximum Gasteiger partial charge on any atom is 0.425 e. The summed E-state index contributed by atoms with van der Waals surface area (Å²) < 4.78 is 175. The van der Waals surface area contributed by atoms with E-state index in [-0.39, 0.29) is 56.2 Å². The molecule has 0 fully saturated rings. The summed E-state index contributed by atoms with van der Waals surface area (Å²) in [4.78, 5) is 15.8. The highest BCUT2D eigenvalue weighted by Crippen LogP contribution is 2.37. The molecule has 2 heterocycles. The minimum absolute atomic E-state index is 0.0594. The van der Waals surface area contributed by atoms with Gasteiger partial charge >= 0.3 is 12.4 Å². The molecule has 6 rings (SSSR count). The molecule has 4 aromatic carbocycles. The van der Waals surface area contributed by atoms with Crippen molar-refractivity contribution >= 4 is 75.6 Å². The Bertz CT molecular complexity index is 2690. The van der Waals surface area contributed by atoms with Gasteiger partial charge in [0.25, 0.3) is 0 Å². The van der Waals surface area contributed by atoms with E-state index in [2.05, 4.69) is 39.3 Å². The molecule has 0 aliphatic carbocycles. The maximum absolute atomic E-state index is 14.8. The SMILES string of the molecule is C[C@@H](Oc1cc(F)ccc1Nc1ncnc2cc(N=S(C)(C)=O)cc(F)c12)C(F)(F)F.C[C@H](Oc1cc(F)ccc1Nc1ncnc2cc(N=S(C)(C)=O)cc(F)c12)C(F)(F)F. The number of hydrogen-bond donors (Lipinski definition) is 2. The van der Waals surface area contributed by atoms with Crippen molar-refractivity contribution in [3.05, 3.63) is 96.6 Å². The van der Waals surface area contributed by atoms with E-state index in [1.165, 1.54) is 37.2 Å². The smallest absolute Gasteiger partial charge is 0.425 e. The molecule has 6 aromatic rings. The third-order valence-corrected chi connectivity index (χ3v) is 9.22. The molecular weight excluding hydrogens is 887 g/mol.